The van der Waals surface area contributed by atoms with Crippen molar-refractivity contribution in [2.75, 3.05) is 49.5 Å². The molecule has 3 N–H and O–H groups in total. The van der Waals surface area contributed by atoms with Gasteiger partial charge in [0.25, 0.3) is 5.92 Å². The predicted molar refractivity (Wildman–Crippen MR) is 269 cm³/mol. The molecule has 0 spiro atoms. The number of pyridine rings is 1. The number of aromatic nitrogens is 3. The van der Waals surface area contributed by atoms with Crippen molar-refractivity contribution in [2.45, 2.75) is 107 Å². The van der Waals surface area contributed by atoms with Gasteiger partial charge in [0, 0.05) is 54.6 Å². The molecule has 1 unspecified atom stereocenters. The Balaban J connectivity index is 1.38. The lowest BCUT2D eigenvalue weighted by molar-refractivity contribution is -0.141. The molecule has 2 aromatic heterocycles. The fraction of sp³-hybridized carbons (Fsp3) is 0.500. The van der Waals surface area contributed by atoms with E-state index in [9.17, 15) is 44.7 Å². The van der Waals surface area contributed by atoms with Crippen LogP contribution in [0.1, 0.15) is 82.3 Å². The molecule has 3 fully saturated rings. The zero-order chi connectivity index (χ0) is 54.1. The number of aliphatic imine (C=N–C) groups is 1. The maximum absolute atomic E-state index is 15.3. The number of carbonyl (C=O) groups excluding carboxylic acids is 2. The molecule has 1 aliphatic carbocycles. The van der Waals surface area contributed by atoms with Crippen molar-refractivity contribution in [1.29, 1.82) is 0 Å². The lowest BCUT2D eigenvalue weighted by Gasteiger charge is -2.40. The molecule has 3 amide bonds. The van der Waals surface area contributed by atoms with Crippen LogP contribution < -0.4 is 15.4 Å². The van der Waals surface area contributed by atoms with Crippen LogP contribution in [0.15, 0.2) is 58.7 Å². The van der Waals surface area contributed by atoms with Gasteiger partial charge in [-0.3, -0.25) is 14.5 Å². The van der Waals surface area contributed by atoms with E-state index in [0.717, 1.165) is 63.4 Å². The number of amides is 3. The fourth-order valence-corrected chi connectivity index (χ4v) is 10.6. The van der Waals surface area contributed by atoms with E-state index in [0.29, 0.717) is 36.7 Å². The summed E-state index contributed by atoms with van der Waals surface area (Å²) in [6.45, 7) is 4.59. The van der Waals surface area contributed by atoms with Crippen LogP contribution in [0.4, 0.5) is 54.5 Å². The Hall–Kier alpha value is -5.18. The van der Waals surface area contributed by atoms with Gasteiger partial charge in [-0.2, -0.15) is 40.2 Å². The quantitative estimate of drug-likeness (QED) is 0.0816. The number of urea groups is 1. The molecule has 3 aliphatic rings. The summed E-state index contributed by atoms with van der Waals surface area (Å²) in [4.78, 5) is 41.0. The minimum absolute atomic E-state index is 0.00541. The molecule has 2 atom stereocenters. The maximum atomic E-state index is 15.3. The standard InChI is InChI=1S/C50H54ClF10N9O2S2/c1-28-25-48(54,55)44(39(28)43(62)50(59,60)61)63-26-38(71)65-37(23-29-21-30(52)24-31(53)22-29)41-34(10-9-32(64-41)13-16-47(2,3)73-4)35-11-12-36(51)40-42(35)69(27-49(56,57)58)66-45(40)70(74-5)46(72)68-19-14-33(15-20-68)67-17-7-6-8-18-67/h9-12,21-22,24,28,33,37H,6-8,14-15,17-20,23,25-27,62H2,1-5H3,(H,65,71)/b43-39-,63-44?/t28-,37?/m0/s1. The number of rotatable bonds is 12. The Bertz CT molecular complexity index is 2860. The lowest BCUT2D eigenvalue weighted by Crippen LogP contribution is -2.50. The minimum Gasteiger partial charge on any atom is -0.394 e. The van der Waals surface area contributed by atoms with E-state index in [1.165, 1.54) is 40.3 Å². The zero-order valence-electron chi connectivity index (χ0n) is 41.0. The lowest BCUT2D eigenvalue weighted by atomic mass is 9.93. The molecular formula is C50H54ClF10N9O2S2. The molecule has 1 saturated carbocycles. The highest BCUT2D eigenvalue weighted by Gasteiger charge is 2.52. The third-order valence-corrected chi connectivity index (χ3v) is 15.4. The number of allylic oxidation sites excluding steroid dienone is 2. The first-order valence-electron chi connectivity index (χ1n) is 23.7. The summed E-state index contributed by atoms with van der Waals surface area (Å²) in [5, 5.41) is 6.84. The summed E-state index contributed by atoms with van der Waals surface area (Å²) in [5.74, 6) is -2.72. The van der Waals surface area contributed by atoms with E-state index in [2.05, 4.69) is 32.1 Å². The third-order valence-electron chi connectivity index (χ3n) is 13.2. The topological polar surface area (TPSA) is 125 Å². The molecule has 2 saturated heterocycles. The summed E-state index contributed by atoms with van der Waals surface area (Å²) in [7, 11) is 0. The van der Waals surface area contributed by atoms with Gasteiger partial charge in [-0.15, -0.1) is 11.8 Å². The number of nitrogens with one attached hydrogen (secondary N) is 1. The van der Waals surface area contributed by atoms with E-state index >= 15 is 8.78 Å². The van der Waals surface area contributed by atoms with Gasteiger partial charge >= 0.3 is 18.4 Å². The first-order chi connectivity index (χ1) is 34.7. The van der Waals surface area contributed by atoms with Gasteiger partial charge < -0.3 is 20.9 Å². The van der Waals surface area contributed by atoms with Crippen LogP contribution in [-0.2, 0) is 17.8 Å². The van der Waals surface area contributed by atoms with Crippen LogP contribution in [-0.4, -0.2) is 117 Å². The van der Waals surface area contributed by atoms with E-state index in [-0.39, 0.29) is 55.9 Å². The van der Waals surface area contributed by atoms with Crippen molar-refractivity contribution in [3.63, 3.8) is 0 Å². The normalized spacial score (nSPS) is 19.6. The molecule has 2 aromatic carbocycles. The zero-order valence-corrected chi connectivity index (χ0v) is 43.4. The SMILES string of the molecule is CSN(C(=O)N1CCC(N2CCCCC2)CC1)c1nn(CC(F)(F)F)c2c(-c3ccc(C#CC(C)(C)SC)nc3C(Cc3cc(F)cc(F)c3)NC(=O)CN=C3/C(=C(\N)C(F)(F)F)[C@@H](C)CC3(F)F)ccc(Cl)c12. The molecule has 4 aromatic rings. The number of hydrogen-bond acceptors (Lipinski definition) is 9. The summed E-state index contributed by atoms with van der Waals surface area (Å²) < 4.78 is 147. The number of carbonyl (C=O) groups is 2. The van der Waals surface area contributed by atoms with Crippen molar-refractivity contribution in [3.05, 3.63) is 87.3 Å². The molecule has 0 bridgehead atoms. The first-order valence-corrected chi connectivity index (χ1v) is 26.5. The highest BCUT2D eigenvalue weighted by Crippen LogP contribution is 2.45. The van der Waals surface area contributed by atoms with Crippen molar-refractivity contribution in [2.24, 2.45) is 16.6 Å². The van der Waals surface area contributed by atoms with Crippen LogP contribution in [0, 0.1) is 29.4 Å². The van der Waals surface area contributed by atoms with Crippen LogP contribution in [0.2, 0.25) is 5.02 Å². The van der Waals surface area contributed by atoms with Crippen LogP contribution in [0.5, 0.6) is 0 Å². The van der Waals surface area contributed by atoms with E-state index < -0.39 is 101 Å². The molecule has 11 nitrogen and oxygen atoms in total. The summed E-state index contributed by atoms with van der Waals surface area (Å²) in [6, 6.07) is 6.33. The number of alkyl halides is 8. The highest BCUT2D eigenvalue weighted by molar-refractivity contribution is 8.00. The predicted octanol–water partition coefficient (Wildman–Crippen LogP) is 11.5. The molecule has 2 aliphatic heterocycles. The summed E-state index contributed by atoms with van der Waals surface area (Å²) in [5.41, 5.74) is 0.790. The maximum Gasteiger partial charge on any atom is 0.431 e. The number of benzene rings is 2. The second-order valence-electron chi connectivity index (χ2n) is 19.0. The molecule has 24 heteroatoms. The number of hydrogen-bond donors (Lipinski definition) is 2. The number of piperidine rings is 2. The highest BCUT2D eigenvalue weighted by atomic mass is 35.5. The molecule has 4 heterocycles. The average molecular weight is 1100 g/mol. The van der Waals surface area contributed by atoms with Crippen molar-refractivity contribution in [3.8, 4) is 23.0 Å². The second kappa shape index (κ2) is 22.6. The van der Waals surface area contributed by atoms with E-state index in [1.807, 2.05) is 20.1 Å². The van der Waals surface area contributed by atoms with Gasteiger partial charge in [-0.25, -0.2) is 22.9 Å². The molecule has 74 heavy (non-hydrogen) atoms. The van der Waals surface area contributed by atoms with Gasteiger partial charge in [0.05, 0.1) is 32.4 Å². The van der Waals surface area contributed by atoms with Gasteiger partial charge in [0.2, 0.25) is 5.91 Å². The first kappa shape index (κ1) is 56.5. The Morgan fingerprint density at radius 1 is 0.973 bits per heavy atom. The molecular weight excluding hydrogens is 1050 g/mol. The number of nitrogens with zero attached hydrogens (tertiary/aromatic N) is 7. The smallest absolute Gasteiger partial charge is 0.394 e. The number of thioether (sulfide) groups is 1. The number of fused-ring (bicyclic) bond motifs is 1. The van der Waals surface area contributed by atoms with Crippen LogP contribution >= 0.6 is 35.3 Å². The van der Waals surface area contributed by atoms with Crippen molar-refractivity contribution >= 4 is 69.7 Å². The van der Waals surface area contributed by atoms with Gasteiger partial charge in [0.15, 0.2) is 5.82 Å². The Labute approximate surface area is 435 Å². The van der Waals surface area contributed by atoms with Crippen molar-refractivity contribution in [1.82, 2.24) is 29.9 Å². The largest absolute Gasteiger partial charge is 0.431 e. The monoisotopic (exact) mass is 1100 g/mol. The van der Waals surface area contributed by atoms with Gasteiger partial charge in [-0.1, -0.05) is 36.9 Å². The van der Waals surface area contributed by atoms with Crippen molar-refractivity contribution < 1.29 is 53.5 Å². The molecule has 0 radical (unpaired) electrons. The number of anilines is 1. The van der Waals surface area contributed by atoms with E-state index in [1.54, 1.807) is 11.2 Å². The summed E-state index contributed by atoms with van der Waals surface area (Å²) in [6.07, 6.45) is -3.58. The average Bonchev–Trinajstić information content (AvgIpc) is 3.80. The Morgan fingerprint density at radius 3 is 2.23 bits per heavy atom. The van der Waals surface area contributed by atoms with Crippen LogP contribution in [0.3, 0.4) is 0 Å². The number of nitrogens with two attached hydrogens (primary N) is 1. The third kappa shape index (κ3) is 13.1. The minimum atomic E-state index is -5.21. The van der Waals surface area contributed by atoms with Crippen LogP contribution in [0.25, 0.3) is 22.0 Å². The Kier molecular flexibility index (Phi) is 17.2. The van der Waals surface area contributed by atoms with Gasteiger partial charge in [0.1, 0.15) is 41.8 Å². The molecule has 7 rings (SSSR count). The fourth-order valence-electron chi connectivity index (χ4n) is 9.63. The summed E-state index contributed by atoms with van der Waals surface area (Å²) >= 11 is 9.22. The second-order valence-corrected chi connectivity index (χ2v) is 21.6. The Morgan fingerprint density at radius 2 is 1.62 bits per heavy atom. The van der Waals surface area contributed by atoms with Gasteiger partial charge in [-0.05, 0) is 125 Å². The number of halogens is 11. The van der Waals surface area contributed by atoms with E-state index in [4.69, 9.17) is 22.3 Å². The number of likely N-dealkylation sites (tertiary alicyclic amines) is 2. The molecule has 400 valence electrons.